The minimum absolute atomic E-state index is 0. The Balaban J connectivity index is 0.00000182. The van der Waals surface area contributed by atoms with Crippen molar-refractivity contribution in [2.24, 2.45) is 5.73 Å². The molecular weight excluding hydrogens is 352 g/mol. The van der Waals surface area contributed by atoms with Gasteiger partial charge in [0.2, 0.25) is 5.91 Å². The van der Waals surface area contributed by atoms with Gasteiger partial charge >= 0.3 is 0 Å². The molecule has 2 aromatic rings. The van der Waals surface area contributed by atoms with Crippen LogP contribution in [-0.4, -0.2) is 35.7 Å². The van der Waals surface area contributed by atoms with Crippen molar-refractivity contribution in [2.75, 3.05) is 18.8 Å². The molecule has 5 heteroatoms. The van der Waals surface area contributed by atoms with Crippen LogP contribution in [0.15, 0.2) is 54.6 Å². The molecule has 1 fully saturated rings. The van der Waals surface area contributed by atoms with Crippen LogP contribution >= 0.6 is 24.2 Å². The Kier molecular flexibility index (Phi) is 5.72. The van der Waals surface area contributed by atoms with Gasteiger partial charge in [-0.05, 0) is 28.9 Å². The number of nitrogens with two attached hydrogens (primary N) is 1. The van der Waals surface area contributed by atoms with E-state index in [-0.39, 0.29) is 35.5 Å². The van der Waals surface area contributed by atoms with Crippen LogP contribution < -0.4 is 5.73 Å². The summed E-state index contributed by atoms with van der Waals surface area (Å²) in [6.45, 7) is 1.38. The van der Waals surface area contributed by atoms with Crippen LogP contribution in [0.5, 0.6) is 0 Å². The van der Waals surface area contributed by atoms with E-state index in [0.717, 1.165) is 18.7 Å². The van der Waals surface area contributed by atoms with Gasteiger partial charge in [0.25, 0.3) is 0 Å². The molecule has 1 unspecified atom stereocenters. The molecule has 0 radical (unpaired) electrons. The average molecular weight is 375 g/mol. The molecule has 1 amide bonds. The SMILES string of the molecule is Cl.N[C@@H]1CN(C(=O)C2SCCc3ccccc32)C[C@H]1c1ccccc1. The number of hydrogen-bond acceptors (Lipinski definition) is 3. The van der Waals surface area contributed by atoms with E-state index in [4.69, 9.17) is 5.73 Å². The molecule has 2 heterocycles. The standard InChI is InChI=1S/C20H22N2OS.ClH/c21-18-13-22(12-17(18)14-6-2-1-3-7-14)20(23)19-16-9-5-4-8-15(16)10-11-24-19;/h1-9,17-19H,10-13,21H2;1H/t17-,18+,19?;/m0./s1. The Morgan fingerprint density at radius 2 is 1.76 bits per heavy atom. The van der Waals surface area contributed by atoms with Gasteiger partial charge in [0.05, 0.1) is 0 Å². The van der Waals surface area contributed by atoms with Gasteiger partial charge in [-0.25, -0.2) is 0 Å². The first-order valence-corrected chi connectivity index (χ1v) is 9.57. The third-order valence-corrected chi connectivity index (χ3v) is 6.35. The maximum atomic E-state index is 13.1. The highest BCUT2D eigenvalue weighted by atomic mass is 35.5. The second kappa shape index (κ2) is 7.81. The van der Waals surface area contributed by atoms with Crippen LogP contribution in [-0.2, 0) is 11.2 Å². The fourth-order valence-electron chi connectivity index (χ4n) is 3.83. The zero-order chi connectivity index (χ0) is 16.5. The summed E-state index contributed by atoms with van der Waals surface area (Å²) in [5, 5.41) is -0.0725. The average Bonchev–Trinajstić information content (AvgIpc) is 3.03. The van der Waals surface area contributed by atoms with Crippen molar-refractivity contribution in [3.05, 3.63) is 71.3 Å². The van der Waals surface area contributed by atoms with Crippen molar-refractivity contribution in [3.63, 3.8) is 0 Å². The fourth-order valence-corrected chi connectivity index (χ4v) is 5.10. The summed E-state index contributed by atoms with van der Waals surface area (Å²) >= 11 is 1.77. The smallest absolute Gasteiger partial charge is 0.240 e. The first-order chi connectivity index (χ1) is 11.7. The molecule has 132 valence electrons. The first-order valence-electron chi connectivity index (χ1n) is 8.53. The molecular formula is C20H23ClN2OS. The highest BCUT2D eigenvalue weighted by molar-refractivity contribution is 8.00. The Morgan fingerprint density at radius 1 is 1.04 bits per heavy atom. The van der Waals surface area contributed by atoms with E-state index in [0.29, 0.717) is 6.54 Å². The third kappa shape index (κ3) is 3.57. The number of hydrogen-bond donors (Lipinski definition) is 1. The van der Waals surface area contributed by atoms with Gasteiger partial charge < -0.3 is 10.6 Å². The molecule has 0 saturated carbocycles. The number of amides is 1. The quantitative estimate of drug-likeness (QED) is 0.876. The third-order valence-electron chi connectivity index (χ3n) is 5.12. The molecule has 1 saturated heterocycles. The number of rotatable bonds is 2. The van der Waals surface area contributed by atoms with Gasteiger partial charge in [0.15, 0.2) is 0 Å². The van der Waals surface area contributed by atoms with Crippen molar-refractivity contribution in [3.8, 4) is 0 Å². The summed E-state index contributed by atoms with van der Waals surface area (Å²) in [4.78, 5) is 15.1. The number of aryl methyl sites for hydroxylation is 1. The van der Waals surface area contributed by atoms with Crippen LogP contribution in [0.1, 0.15) is 27.9 Å². The number of thioether (sulfide) groups is 1. The van der Waals surface area contributed by atoms with E-state index in [1.54, 1.807) is 11.8 Å². The molecule has 3 atom stereocenters. The van der Waals surface area contributed by atoms with Crippen LogP contribution in [0, 0.1) is 0 Å². The summed E-state index contributed by atoms with van der Waals surface area (Å²) in [6.07, 6.45) is 1.05. The first kappa shape index (κ1) is 18.3. The largest absolute Gasteiger partial charge is 0.339 e. The monoisotopic (exact) mass is 374 g/mol. The van der Waals surface area contributed by atoms with Gasteiger partial charge in [-0.15, -0.1) is 24.2 Å². The Labute approximate surface area is 159 Å². The van der Waals surface area contributed by atoms with E-state index in [9.17, 15) is 4.79 Å². The van der Waals surface area contributed by atoms with Gasteiger partial charge in [-0.2, -0.15) is 0 Å². The summed E-state index contributed by atoms with van der Waals surface area (Å²) in [7, 11) is 0. The number of fused-ring (bicyclic) bond motifs is 1. The van der Waals surface area contributed by atoms with Crippen LogP contribution in [0.25, 0.3) is 0 Å². The summed E-state index contributed by atoms with van der Waals surface area (Å²) in [5.41, 5.74) is 10.1. The lowest BCUT2D eigenvalue weighted by atomic mass is 9.95. The topological polar surface area (TPSA) is 46.3 Å². The van der Waals surface area contributed by atoms with Crippen molar-refractivity contribution in [2.45, 2.75) is 23.6 Å². The van der Waals surface area contributed by atoms with Crippen LogP contribution in [0.2, 0.25) is 0 Å². The fraction of sp³-hybridized carbons (Fsp3) is 0.350. The molecule has 2 aromatic carbocycles. The molecule has 2 aliphatic rings. The molecule has 2 N–H and O–H groups in total. The number of halogens is 1. The molecule has 0 aromatic heterocycles. The highest BCUT2D eigenvalue weighted by Crippen LogP contribution is 2.39. The van der Waals surface area contributed by atoms with Gasteiger partial charge in [0.1, 0.15) is 5.25 Å². The maximum Gasteiger partial charge on any atom is 0.240 e. The summed E-state index contributed by atoms with van der Waals surface area (Å²) in [5.74, 6) is 1.47. The van der Waals surface area contributed by atoms with E-state index in [1.165, 1.54) is 16.7 Å². The van der Waals surface area contributed by atoms with Gasteiger partial charge in [-0.1, -0.05) is 54.6 Å². The van der Waals surface area contributed by atoms with Crippen molar-refractivity contribution < 1.29 is 4.79 Å². The van der Waals surface area contributed by atoms with E-state index in [1.807, 2.05) is 29.2 Å². The number of carbonyl (C=O) groups is 1. The second-order valence-corrected chi connectivity index (χ2v) is 7.84. The predicted molar refractivity (Wildman–Crippen MR) is 106 cm³/mol. The number of carbonyl (C=O) groups excluding carboxylic acids is 1. The lowest BCUT2D eigenvalue weighted by molar-refractivity contribution is -0.129. The Morgan fingerprint density at radius 3 is 2.56 bits per heavy atom. The molecule has 2 aliphatic heterocycles. The van der Waals surface area contributed by atoms with Crippen molar-refractivity contribution in [1.82, 2.24) is 4.90 Å². The Bertz CT molecular complexity index is 739. The molecule has 25 heavy (non-hydrogen) atoms. The molecule has 0 aliphatic carbocycles. The summed E-state index contributed by atoms with van der Waals surface area (Å²) < 4.78 is 0. The zero-order valence-electron chi connectivity index (χ0n) is 14.0. The van der Waals surface area contributed by atoms with Crippen molar-refractivity contribution in [1.29, 1.82) is 0 Å². The molecule has 3 nitrogen and oxygen atoms in total. The highest BCUT2D eigenvalue weighted by Gasteiger charge is 2.38. The molecule has 4 rings (SSSR count). The van der Waals surface area contributed by atoms with Gasteiger partial charge in [0, 0.05) is 25.0 Å². The number of benzene rings is 2. The number of likely N-dealkylation sites (tertiary alicyclic amines) is 1. The normalized spacial score (nSPS) is 25.2. The lowest BCUT2D eigenvalue weighted by Crippen LogP contribution is -2.35. The van der Waals surface area contributed by atoms with Crippen LogP contribution in [0.4, 0.5) is 0 Å². The van der Waals surface area contributed by atoms with E-state index >= 15 is 0 Å². The van der Waals surface area contributed by atoms with E-state index < -0.39 is 0 Å². The van der Waals surface area contributed by atoms with Crippen LogP contribution in [0.3, 0.4) is 0 Å². The minimum atomic E-state index is -0.0725. The van der Waals surface area contributed by atoms with Crippen molar-refractivity contribution >= 4 is 30.1 Å². The lowest BCUT2D eigenvalue weighted by Gasteiger charge is -2.28. The predicted octanol–water partition coefficient (Wildman–Crippen LogP) is 3.39. The Hall–Kier alpha value is -1.49. The maximum absolute atomic E-state index is 13.1. The molecule has 0 bridgehead atoms. The minimum Gasteiger partial charge on any atom is -0.339 e. The van der Waals surface area contributed by atoms with E-state index in [2.05, 4.69) is 30.3 Å². The summed E-state index contributed by atoms with van der Waals surface area (Å²) in [6, 6.07) is 18.7. The molecule has 0 spiro atoms. The zero-order valence-corrected chi connectivity index (χ0v) is 15.6. The van der Waals surface area contributed by atoms with Gasteiger partial charge in [-0.3, -0.25) is 4.79 Å². The number of nitrogens with zero attached hydrogens (tertiary/aromatic N) is 1. The second-order valence-electron chi connectivity index (χ2n) is 6.62.